The van der Waals surface area contributed by atoms with E-state index in [0.29, 0.717) is 65.9 Å². The second-order valence-corrected chi connectivity index (χ2v) is 6.14. The highest BCUT2D eigenvalue weighted by molar-refractivity contribution is 5.67. The predicted octanol–water partition coefficient (Wildman–Crippen LogP) is 0.878. The minimum absolute atomic E-state index is 0.352. The summed E-state index contributed by atoms with van der Waals surface area (Å²) in [4.78, 5) is 13.2. The lowest BCUT2D eigenvalue weighted by Gasteiger charge is -2.24. The molecule has 0 radical (unpaired) electrons. The molecule has 0 heterocycles. The monoisotopic (exact) mass is 350 g/mol. The van der Waals surface area contributed by atoms with Gasteiger partial charge in [0.2, 0.25) is 0 Å². The first kappa shape index (κ1) is 23.1. The molecular formula is C16H34N2O6. The van der Waals surface area contributed by atoms with Gasteiger partial charge in [-0.1, -0.05) is 0 Å². The van der Waals surface area contributed by atoms with E-state index in [2.05, 4.69) is 0 Å². The molecule has 0 rings (SSSR count). The van der Waals surface area contributed by atoms with Crippen molar-refractivity contribution in [1.82, 2.24) is 4.90 Å². The number of likely N-dealkylation sites (N-methyl/N-ethyl adjacent to an activating group) is 1. The van der Waals surface area contributed by atoms with Gasteiger partial charge in [0.15, 0.2) is 0 Å². The van der Waals surface area contributed by atoms with Gasteiger partial charge >= 0.3 is 6.09 Å². The second kappa shape index (κ2) is 14.4. The lowest BCUT2D eigenvalue weighted by molar-refractivity contribution is -0.00508. The van der Waals surface area contributed by atoms with Crippen molar-refractivity contribution in [2.24, 2.45) is 5.73 Å². The maximum Gasteiger partial charge on any atom is 0.410 e. The van der Waals surface area contributed by atoms with E-state index in [-0.39, 0.29) is 6.09 Å². The number of rotatable bonds is 14. The molecule has 144 valence electrons. The molecule has 0 aliphatic carbocycles. The SMILES string of the molecule is CN(CCOCCOCCOCCOCCN)C(=O)OC(C)(C)C. The Kier molecular flexibility index (Phi) is 13.9. The quantitative estimate of drug-likeness (QED) is 0.465. The predicted molar refractivity (Wildman–Crippen MR) is 91.2 cm³/mol. The summed E-state index contributed by atoms with van der Waals surface area (Å²) >= 11 is 0. The normalized spacial score (nSPS) is 11.5. The van der Waals surface area contributed by atoms with Gasteiger partial charge in [-0.2, -0.15) is 0 Å². The van der Waals surface area contributed by atoms with Crippen molar-refractivity contribution in [3.63, 3.8) is 0 Å². The van der Waals surface area contributed by atoms with Crippen molar-refractivity contribution in [3.05, 3.63) is 0 Å². The third-order valence-electron chi connectivity index (χ3n) is 2.65. The van der Waals surface area contributed by atoms with E-state index in [9.17, 15) is 4.79 Å². The number of nitrogens with zero attached hydrogens (tertiary/aromatic N) is 1. The highest BCUT2D eigenvalue weighted by atomic mass is 16.6. The van der Waals surface area contributed by atoms with Crippen LogP contribution in [-0.2, 0) is 23.7 Å². The molecular weight excluding hydrogens is 316 g/mol. The number of carbonyl (C=O) groups is 1. The average molecular weight is 350 g/mol. The smallest absolute Gasteiger partial charge is 0.410 e. The lowest BCUT2D eigenvalue weighted by atomic mass is 10.2. The summed E-state index contributed by atoms with van der Waals surface area (Å²) in [6.45, 7) is 10.6. The highest BCUT2D eigenvalue weighted by Crippen LogP contribution is 2.08. The molecule has 0 saturated carbocycles. The minimum Gasteiger partial charge on any atom is -0.444 e. The molecule has 8 nitrogen and oxygen atoms in total. The molecule has 0 saturated heterocycles. The Morgan fingerprint density at radius 1 is 0.833 bits per heavy atom. The van der Waals surface area contributed by atoms with Crippen LogP contribution in [0.2, 0.25) is 0 Å². The van der Waals surface area contributed by atoms with Crippen LogP contribution in [0.15, 0.2) is 0 Å². The molecule has 0 bridgehead atoms. The van der Waals surface area contributed by atoms with Crippen LogP contribution in [0.1, 0.15) is 20.8 Å². The first-order valence-corrected chi connectivity index (χ1v) is 8.32. The molecule has 0 aromatic heterocycles. The molecule has 0 aliphatic rings. The number of hydrogen-bond acceptors (Lipinski definition) is 7. The minimum atomic E-state index is -0.487. The topological polar surface area (TPSA) is 92.5 Å². The van der Waals surface area contributed by atoms with Crippen LogP contribution in [0.4, 0.5) is 4.79 Å². The standard InChI is InChI=1S/C16H34N2O6/c1-16(2,3)24-15(19)18(4)6-8-21-10-12-23-14-13-22-11-9-20-7-5-17/h5-14,17H2,1-4H3. The molecule has 0 aromatic rings. The number of amides is 1. The van der Waals surface area contributed by atoms with E-state index in [4.69, 9.17) is 29.4 Å². The fourth-order valence-corrected chi connectivity index (χ4v) is 1.48. The Morgan fingerprint density at radius 2 is 1.25 bits per heavy atom. The Labute approximate surface area is 145 Å². The zero-order valence-electron chi connectivity index (χ0n) is 15.5. The fraction of sp³-hybridized carbons (Fsp3) is 0.938. The van der Waals surface area contributed by atoms with Gasteiger partial charge in [-0.05, 0) is 20.8 Å². The van der Waals surface area contributed by atoms with Gasteiger partial charge in [0.05, 0.1) is 52.9 Å². The first-order valence-electron chi connectivity index (χ1n) is 8.32. The van der Waals surface area contributed by atoms with Crippen LogP contribution >= 0.6 is 0 Å². The van der Waals surface area contributed by atoms with E-state index in [1.165, 1.54) is 4.90 Å². The Bertz CT molecular complexity index is 309. The number of nitrogens with two attached hydrogens (primary N) is 1. The zero-order valence-corrected chi connectivity index (χ0v) is 15.5. The van der Waals surface area contributed by atoms with Gasteiger partial charge in [0.25, 0.3) is 0 Å². The molecule has 2 N–H and O–H groups in total. The molecule has 1 amide bonds. The summed E-state index contributed by atoms with van der Waals surface area (Å²) in [7, 11) is 1.68. The first-order chi connectivity index (χ1) is 11.4. The highest BCUT2D eigenvalue weighted by Gasteiger charge is 2.19. The molecule has 0 spiro atoms. The van der Waals surface area contributed by atoms with Crippen molar-refractivity contribution in [1.29, 1.82) is 0 Å². The van der Waals surface area contributed by atoms with Crippen molar-refractivity contribution < 1.29 is 28.5 Å². The van der Waals surface area contributed by atoms with Crippen molar-refractivity contribution in [2.75, 3.05) is 73.0 Å². The fourth-order valence-electron chi connectivity index (χ4n) is 1.48. The largest absolute Gasteiger partial charge is 0.444 e. The van der Waals surface area contributed by atoms with E-state index in [0.717, 1.165) is 0 Å². The van der Waals surface area contributed by atoms with E-state index >= 15 is 0 Å². The van der Waals surface area contributed by atoms with Crippen LogP contribution in [0.25, 0.3) is 0 Å². The summed E-state index contributed by atoms with van der Waals surface area (Å²) in [5, 5.41) is 0. The number of ether oxygens (including phenoxy) is 5. The van der Waals surface area contributed by atoms with Crippen molar-refractivity contribution in [2.45, 2.75) is 26.4 Å². The summed E-state index contributed by atoms with van der Waals surface area (Å²) in [6.07, 6.45) is -0.352. The van der Waals surface area contributed by atoms with Gasteiger partial charge < -0.3 is 34.3 Å². The molecule has 0 unspecified atom stereocenters. The van der Waals surface area contributed by atoms with Gasteiger partial charge in [0.1, 0.15) is 5.60 Å². The molecule has 0 aliphatic heterocycles. The number of hydrogen-bond donors (Lipinski definition) is 1. The summed E-state index contributed by atoms with van der Waals surface area (Å²) < 4.78 is 26.5. The van der Waals surface area contributed by atoms with Crippen molar-refractivity contribution >= 4 is 6.09 Å². The van der Waals surface area contributed by atoms with Crippen LogP contribution in [0.3, 0.4) is 0 Å². The number of carbonyl (C=O) groups excluding carboxylic acids is 1. The Balaban J connectivity index is 3.32. The van der Waals surface area contributed by atoms with Gasteiger partial charge in [-0.25, -0.2) is 4.79 Å². The maximum absolute atomic E-state index is 11.7. The third kappa shape index (κ3) is 15.9. The van der Waals surface area contributed by atoms with Crippen LogP contribution in [0.5, 0.6) is 0 Å². The third-order valence-corrected chi connectivity index (χ3v) is 2.65. The second-order valence-electron chi connectivity index (χ2n) is 6.14. The Morgan fingerprint density at radius 3 is 1.67 bits per heavy atom. The molecule has 24 heavy (non-hydrogen) atoms. The molecule has 8 heteroatoms. The average Bonchev–Trinajstić information content (AvgIpc) is 2.50. The van der Waals surface area contributed by atoms with Crippen molar-refractivity contribution in [3.8, 4) is 0 Å². The summed E-state index contributed by atoms with van der Waals surface area (Å²) in [5.74, 6) is 0. The lowest BCUT2D eigenvalue weighted by Crippen LogP contribution is -2.36. The van der Waals surface area contributed by atoms with Crippen LogP contribution in [0, 0.1) is 0 Å². The summed E-state index contributed by atoms with van der Waals surface area (Å²) in [5.41, 5.74) is 4.80. The van der Waals surface area contributed by atoms with E-state index in [1.54, 1.807) is 7.05 Å². The summed E-state index contributed by atoms with van der Waals surface area (Å²) in [6, 6.07) is 0. The molecule has 0 aromatic carbocycles. The maximum atomic E-state index is 11.7. The molecule has 0 atom stereocenters. The van der Waals surface area contributed by atoms with Gasteiger partial charge in [-0.15, -0.1) is 0 Å². The van der Waals surface area contributed by atoms with Gasteiger partial charge in [0, 0.05) is 20.1 Å². The Hall–Kier alpha value is -0.930. The van der Waals surface area contributed by atoms with Gasteiger partial charge in [-0.3, -0.25) is 0 Å². The van der Waals surface area contributed by atoms with Crippen LogP contribution in [-0.4, -0.2) is 89.6 Å². The molecule has 0 fully saturated rings. The zero-order chi connectivity index (χ0) is 18.3. The van der Waals surface area contributed by atoms with E-state index in [1.807, 2.05) is 20.8 Å². The van der Waals surface area contributed by atoms with E-state index < -0.39 is 5.60 Å². The van der Waals surface area contributed by atoms with Crippen LogP contribution < -0.4 is 5.73 Å².